The van der Waals surface area contributed by atoms with Crippen LogP contribution in [0.2, 0.25) is 0 Å². The molecule has 2 amide bonds. The quantitative estimate of drug-likeness (QED) is 0.812. The van der Waals surface area contributed by atoms with E-state index >= 15 is 0 Å². The number of hydrogen-bond donors (Lipinski definition) is 0. The lowest BCUT2D eigenvalue weighted by atomic mass is 10.0. The number of ether oxygens (including phenoxy) is 1. The summed E-state index contributed by atoms with van der Waals surface area (Å²) in [5.74, 6) is -0.135. The van der Waals surface area contributed by atoms with Gasteiger partial charge in [-0.3, -0.25) is 4.79 Å². The predicted octanol–water partition coefficient (Wildman–Crippen LogP) is 1.58. The highest BCUT2D eigenvalue weighted by atomic mass is 16.6. The molecule has 2 saturated heterocycles. The molecule has 0 radical (unpaired) electrons. The summed E-state index contributed by atoms with van der Waals surface area (Å²) < 4.78 is 7.02. The molecule has 9 nitrogen and oxygen atoms in total. The molecule has 1 atom stereocenters. The zero-order chi connectivity index (χ0) is 19.1. The van der Waals surface area contributed by atoms with Crippen LogP contribution in [-0.4, -0.2) is 73.4 Å². The lowest BCUT2D eigenvalue weighted by molar-refractivity contribution is 0.0650. The average molecular weight is 372 g/mol. The van der Waals surface area contributed by atoms with Gasteiger partial charge in [-0.05, 0) is 33.1 Å². The Kier molecular flexibility index (Phi) is 4.45. The Morgan fingerprint density at radius 3 is 2.67 bits per heavy atom. The molecule has 1 unspecified atom stereocenters. The Morgan fingerprint density at radius 1 is 1.26 bits per heavy atom. The number of aromatic nitrogens is 4. The van der Waals surface area contributed by atoms with Gasteiger partial charge in [-0.2, -0.15) is 5.10 Å². The van der Waals surface area contributed by atoms with Crippen LogP contribution in [0.15, 0.2) is 6.07 Å². The van der Waals surface area contributed by atoms with Gasteiger partial charge in [0.15, 0.2) is 11.3 Å². The van der Waals surface area contributed by atoms with Crippen molar-refractivity contribution >= 4 is 17.6 Å². The summed E-state index contributed by atoms with van der Waals surface area (Å²) in [7, 11) is 0. The number of hydrogen-bond acceptors (Lipinski definition) is 6. The first kappa shape index (κ1) is 17.7. The molecule has 2 aromatic rings. The zero-order valence-corrected chi connectivity index (χ0v) is 15.9. The second kappa shape index (κ2) is 6.79. The van der Waals surface area contributed by atoms with Gasteiger partial charge >= 0.3 is 6.09 Å². The number of nitrogens with zero attached hydrogens (tertiary/aromatic N) is 6. The third-order valence-electron chi connectivity index (χ3n) is 5.48. The molecular weight excluding hydrogens is 348 g/mol. The summed E-state index contributed by atoms with van der Waals surface area (Å²) in [6.45, 7) is 7.55. The van der Waals surface area contributed by atoms with E-state index in [1.807, 2.05) is 31.7 Å². The van der Waals surface area contributed by atoms with Crippen LogP contribution < -0.4 is 0 Å². The van der Waals surface area contributed by atoms with Gasteiger partial charge in [0.05, 0.1) is 17.9 Å². The van der Waals surface area contributed by atoms with E-state index in [1.54, 1.807) is 9.42 Å². The standard InChI is InChI=1S/C18H24N6O3/c1-4-14-10-23(18(26)27-14)13-5-7-22(8-6-13)17(25)16-12(3)24-15(19-20-16)9-11(2)21-24/h9,13-14H,4-8,10H2,1-3H3. The van der Waals surface area contributed by atoms with Crippen molar-refractivity contribution in [3.8, 4) is 0 Å². The van der Waals surface area contributed by atoms with Crippen molar-refractivity contribution < 1.29 is 14.3 Å². The van der Waals surface area contributed by atoms with E-state index in [0.717, 1.165) is 25.0 Å². The van der Waals surface area contributed by atoms with Crippen LogP contribution in [0, 0.1) is 13.8 Å². The second-order valence-corrected chi connectivity index (χ2v) is 7.28. The summed E-state index contributed by atoms with van der Waals surface area (Å²) in [6, 6.07) is 1.96. The lowest BCUT2D eigenvalue weighted by Crippen LogP contribution is -2.47. The number of cyclic esters (lactones) is 1. The van der Waals surface area contributed by atoms with Crippen molar-refractivity contribution in [1.82, 2.24) is 29.6 Å². The van der Waals surface area contributed by atoms with Crippen molar-refractivity contribution in [3.63, 3.8) is 0 Å². The van der Waals surface area contributed by atoms with Crippen LogP contribution in [0.3, 0.4) is 0 Å². The molecule has 2 fully saturated rings. The fraction of sp³-hybridized carbons (Fsp3) is 0.611. The van der Waals surface area contributed by atoms with Gasteiger partial charge in [-0.15, -0.1) is 10.2 Å². The van der Waals surface area contributed by atoms with Crippen LogP contribution in [-0.2, 0) is 4.74 Å². The second-order valence-electron chi connectivity index (χ2n) is 7.28. The van der Waals surface area contributed by atoms with E-state index in [1.165, 1.54) is 0 Å². The van der Waals surface area contributed by atoms with Crippen LogP contribution in [0.1, 0.15) is 48.1 Å². The number of piperidine rings is 1. The minimum Gasteiger partial charge on any atom is -0.444 e. The molecule has 0 N–H and O–H groups in total. The number of carbonyl (C=O) groups is 2. The summed E-state index contributed by atoms with van der Waals surface area (Å²) in [4.78, 5) is 28.6. The fourth-order valence-corrected chi connectivity index (χ4v) is 3.86. The third kappa shape index (κ3) is 3.11. The number of carbonyl (C=O) groups excluding carboxylic acids is 2. The van der Waals surface area contributed by atoms with E-state index in [4.69, 9.17) is 4.74 Å². The van der Waals surface area contributed by atoms with Crippen molar-refractivity contribution in [2.45, 2.75) is 52.2 Å². The van der Waals surface area contributed by atoms with Crippen molar-refractivity contribution in [2.75, 3.05) is 19.6 Å². The van der Waals surface area contributed by atoms with Crippen LogP contribution in [0.25, 0.3) is 5.65 Å². The van der Waals surface area contributed by atoms with E-state index < -0.39 is 0 Å². The number of likely N-dealkylation sites (tertiary alicyclic amines) is 1. The molecule has 0 spiro atoms. The van der Waals surface area contributed by atoms with Gasteiger partial charge < -0.3 is 14.5 Å². The molecule has 144 valence electrons. The summed E-state index contributed by atoms with van der Waals surface area (Å²) in [5, 5.41) is 12.6. The van der Waals surface area contributed by atoms with Crippen LogP contribution in [0.5, 0.6) is 0 Å². The SMILES string of the molecule is CCC1CN(C2CCN(C(=O)c3nnc4cc(C)nn4c3C)CC2)C(=O)O1. The smallest absolute Gasteiger partial charge is 0.410 e. The Hall–Kier alpha value is -2.71. The first-order chi connectivity index (χ1) is 13.0. The largest absolute Gasteiger partial charge is 0.444 e. The summed E-state index contributed by atoms with van der Waals surface area (Å²) in [6.07, 6.45) is 2.07. The average Bonchev–Trinajstić information content (AvgIpc) is 3.24. The topological polar surface area (TPSA) is 92.9 Å². The van der Waals surface area contributed by atoms with Gasteiger partial charge in [-0.1, -0.05) is 6.92 Å². The molecule has 0 aliphatic carbocycles. The highest BCUT2D eigenvalue weighted by Gasteiger charge is 2.37. The van der Waals surface area contributed by atoms with Gasteiger partial charge in [0.2, 0.25) is 0 Å². The number of fused-ring (bicyclic) bond motifs is 1. The predicted molar refractivity (Wildman–Crippen MR) is 96.4 cm³/mol. The maximum Gasteiger partial charge on any atom is 0.410 e. The van der Waals surface area contributed by atoms with Crippen molar-refractivity contribution in [1.29, 1.82) is 0 Å². The van der Waals surface area contributed by atoms with Crippen LogP contribution >= 0.6 is 0 Å². The highest BCUT2D eigenvalue weighted by molar-refractivity contribution is 5.93. The molecule has 2 aliphatic rings. The third-order valence-corrected chi connectivity index (χ3v) is 5.48. The van der Waals surface area contributed by atoms with Gasteiger partial charge in [0.25, 0.3) is 5.91 Å². The Labute approximate surface area is 157 Å². The first-order valence-corrected chi connectivity index (χ1v) is 9.44. The number of rotatable bonds is 3. The van der Waals surface area contributed by atoms with Crippen molar-refractivity contribution in [2.24, 2.45) is 0 Å². The number of aryl methyl sites for hydroxylation is 2. The molecule has 4 heterocycles. The molecule has 4 rings (SSSR count). The first-order valence-electron chi connectivity index (χ1n) is 9.44. The summed E-state index contributed by atoms with van der Waals surface area (Å²) in [5.41, 5.74) is 2.49. The van der Waals surface area contributed by atoms with Gasteiger partial charge in [0.1, 0.15) is 6.10 Å². The monoisotopic (exact) mass is 372 g/mol. The molecule has 27 heavy (non-hydrogen) atoms. The highest BCUT2D eigenvalue weighted by Crippen LogP contribution is 2.24. The van der Waals surface area contributed by atoms with E-state index in [0.29, 0.717) is 36.7 Å². The molecular formula is C18H24N6O3. The van der Waals surface area contributed by atoms with Crippen molar-refractivity contribution in [3.05, 3.63) is 23.1 Å². The lowest BCUT2D eigenvalue weighted by Gasteiger charge is -2.35. The number of amides is 2. The molecule has 0 aromatic carbocycles. The molecule has 0 saturated carbocycles. The van der Waals surface area contributed by atoms with Crippen LogP contribution in [0.4, 0.5) is 4.79 Å². The van der Waals surface area contributed by atoms with Gasteiger partial charge in [-0.25, -0.2) is 9.31 Å². The zero-order valence-electron chi connectivity index (χ0n) is 15.9. The van der Waals surface area contributed by atoms with Gasteiger partial charge in [0, 0.05) is 25.2 Å². The van der Waals surface area contributed by atoms with E-state index in [-0.39, 0.29) is 24.1 Å². The molecule has 0 bridgehead atoms. The normalized spacial score (nSPS) is 21.1. The Balaban J connectivity index is 1.45. The fourth-order valence-electron chi connectivity index (χ4n) is 3.86. The Bertz CT molecular complexity index is 887. The maximum atomic E-state index is 12.9. The van der Waals surface area contributed by atoms with E-state index in [9.17, 15) is 9.59 Å². The minimum absolute atomic E-state index is 0.0145. The van der Waals surface area contributed by atoms with E-state index in [2.05, 4.69) is 15.3 Å². The molecule has 2 aliphatic heterocycles. The maximum absolute atomic E-state index is 12.9. The molecule has 9 heteroatoms. The molecule has 2 aromatic heterocycles. The minimum atomic E-state index is -0.229. The Morgan fingerprint density at radius 2 is 2.00 bits per heavy atom. The summed E-state index contributed by atoms with van der Waals surface area (Å²) >= 11 is 0.